The number of rotatable bonds is 5. The third kappa shape index (κ3) is 7.51. The van der Waals surface area contributed by atoms with Crippen molar-refractivity contribution in [3.63, 3.8) is 0 Å². The number of amides is 3. The van der Waals surface area contributed by atoms with Gasteiger partial charge in [-0.3, -0.25) is 14.4 Å². The zero-order valence-corrected chi connectivity index (χ0v) is 20.9. The lowest BCUT2D eigenvalue weighted by molar-refractivity contribution is -0.133. The number of allylic oxidation sites excluding steroid dienone is 2. The van der Waals surface area contributed by atoms with Gasteiger partial charge in [0.15, 0.2) is 0 Å². The van der Waals surface area contributed by atoms with Crippen LogP contribution in [0.4, 0.5) is 0 Å². The second-order valence-corrected chi connectivity index (χ2v) is 10.4. The summed E-state index contributed by atoms with van der Waals surface area (Å²) in [5, 5.41) is 8.70. The fraction of sp³-hybridized carbons (Fsp3) is 0.571. The van der Waals surface area contributed by atoms with E-state index in [-0.39, 0.29) is 36.0 Å². The van der Waals surface area contributed by atoms with Crippen molar-refractivity contribution < 1.29 is 19.2 Å². The Morgan fingerprint density at radius 3 is 2.49 bits per heavy atom. The number of hydrogen-bond acceptors (Lipinski definition) is 4. The molecule has 0 radical (unpaired) electrons. The van der Waals surface area contributed by atoms with Crippen LogP contribution < -0.4 is 16.0 Å². The highest BCUT2D eigenvalue weighted by molar-refractivity contribution is 5.90. The normalized spacial score (nSPS) is 29.6. The first-order valence-corrected chi connectivity index (χ1v) is 12.9. The van der Waals surface area contributed by atoms with Crippen LogP contribution in [0.1, 0.15) is 64.4 Å². The van der Waals surface area contributed by atoms with Crippen molar-refractivity contribution in [1.82, 2.24) is 16.0 Å². The predicted octanol–water partition coefficient (Wildman–Crippen LogP) is 3.09. The van der Waals surface area contributed by atoms with Crippen LogP contribution in [0.25, 0.3) is 0 Å². The zero-order valence-electron chi connectivity index (χ0n) is 20.9. The molecule has 4 atom stereocenters. The molecule has 1 saturated heterocycles. The van der Waals surface area contributed by atoms with Crippen LogP contribution in [0.15, 0.2) is 42.5 Å². The number of benzene rings is 1. The molecule has 35 heavy (non-hydrogen) atoms. The van der Waals surface area contributed by atoms with Crippen molar-refractivity contribution in [1.29, 1.82) is 0 Å². The van der Waals surface area contributed by atoms with Gasteiger partial charge < -0.3 is 20.7 Å². The zero-order chi connectivity index (χ0) is 25.3. The Kier molecular flexibility index (Phi) is 9.64. The molecule has 7 nitrogen and oxygen atoms in total. The first-order chi connectivity index (χ1) is 16.8. The van der Waals surface area contributed by atoms with Crippen LogP contribution >= 0.6 is 0 Å². The third-order valence-corrected chi connectivity index (χ3v) is 7.11. The minimum atomic E-state index is -0.795. The van der Waals surface area contributed by atoms with E-state index in [1.165, 1.54) is 0 Å². The van der Waals surface area contributed by atoms with Crippen LogP contribution in [0.2, 0.25) is 0 Å². The Hall–Kier alpha value is -2.96. The van der Waals surface area contributed by atoms with Gasteiger partial charge in [0.25, 0.3) is 0 Å². The van der Waals surface area contributed by atoms with Crippen LogP contribution in [-0.4, -0.2) is 42.6 Å². The maximum Gasteiger partial charge on any atom is 0.243 e. The average Bonchev–Trinajstić information content (AvgIpc) is 3.18. The van der Waals surface area contributed by atoms with Crippen LogP contribution in [0.5, 0.6) is 0 Å². The molecule has 2 aliphatic heterocycles. The fourth-order valence-electron chi connectivity index (χ4n) is 5.15. The van der Waals surface area contributed by atoms with Crippen LogP contribution in [0.3, 0.4) is 0 Å². The van der Waals surface area contributed by atoms with E-state index in [2.05, 4.69) is 22.0 Å². The average molecular weight is 482 g/mol. The summed E-state index contributed by atoms with van der Waals surface area (Å²) in [6.45, 7) is 4.56. The van der Waals surface area contributed by atoms with Gasteiger partial charge in [0.1, 0.15) is 12.3 Å². The van der Waals surface area contributed by atoms with Crippen molar-refractivity contribution in [2.75, 3.05) is 6.54 Å². The number of carbonyl (C=O) groups is 4. The van der Waals surface area contributed by atoms with E-state index in [1.807, 2.05) is 50.3 Å². The molecular formula is C28H39N3O4. The van der Waals surface area contributed by atoms with E-state index in [1.54, 1.807) is 0 Å². The molecule has 190 valence electrons. The Morgan fingerprint density at radius 1 is 1.06 bits per heavy atom. The summed E-state index contributed by atoms with van der Waals surface area (Å²) < 4.78 is 0. The first-order valence-electron chi connectivity index (χ1n) is 12.9. The maximum atomic E-state index is 13.4. The minimum Gasteiger partial charge on any atom is -0.356 e. The molecular weight excluding hydrogens is 442 g/mol. The van der Waals surface area contributed by atoms with Crippen molar-refractivity contribution in [2.24, 2.45) is 17.3 Å². The summed E-state index contributed by atoms with van der Waals surface area (Å²) in [4.78, 5) is 51.3. The second kappa shape index (κ2) is 12.7. The molecule has 7 heteroatoms. The molecule has 1 aromatic rings. The standard InChI is InChI=1S/C28H39N3O4/c1-20(2)16-24-26(34)30-23(19-32)18-28(14-15-29-27(28)35)13-9-4-3-8-12-22(25(33)31-24)17-21-10-6-5-7-11-21/h4-7,9-11,19-20,22-24H,3,8,12-18H2,1-2H3,(H,29,35)(H,30,34)(H,31,33)/b9-4-/t22?,23-,24-,28?/m0/s1. The summed E-state index contributed by atoms with van der Waals surface area (Å²) in [7, 11) is 0. The summed E-state index contributed by atoms with van der Waals surface area (Å²) in [6.07, 6.45) is 9.60. The molecule has 2 aliphatic rings. The minimum absolute atomic E-state index is 0.0671. The maximum absolute atomic E-state index is 13.4. The molecule has 1 fully saturated rings. The van der Waals surface area contributed by atoms with Gasteiger partial charge in [-0.1, -0.05) is 56.3 Å². The van der Waals surface area contributed by atoms with Gasteiger partial charge in [0, 0.05) is 12.5 Å². The number of hydrogen-bond donors (Lipinski definition) is 3. The lowest BCUT2D eigenvalue weighted by atomic mass is 9.77. The van der Waals surface area contributed by atoms with Gasteiger partial charge in [-0.2, -0.15) is 0 Å². The quantitative estimate of drug-likeness (QED) is 0.444. The molecule has 0 aromatic heterocycles. The summed E-state index contributed by atoms with van der Waals surface area (Å²) in [6, 6.07) is 8.38. The Labute approximate surface area is 208 Å². The molecule has 2 unspecified atom stereocenters. The number of aldehydes is 1. The van der Waals surface area contributed by atoms with Gasteiger partial charge >= 0.3 is 0 Å². The van der Waals surface area contributed by atoms with Crippen molar-refractivity contribution in [2.45, 2.75) is 77.3 Å². The molecule has 0 saturated carbocycles. The second-order valence-electron chi connectivity index (χ2n) is 10.4. The molecule has 2 heterocycles. The van der Waals surface area contributed by atoms with E-state index in [4.69, 9.17) is 0 Å². The summed E-state index contributed by atoms with van der Waals surface area (Å²) >= 11 is 0. The predicted molar refractivity (Wildman–Crippen MR) is 135 cm³/mol. The van der Waals surface area contributed by atoms with Gasteiger partial charge in [0.2, 0.25) is 17.7 Å². The SMILES string of the molecule is CC(C)C[C@@H]1NC(=O)C(Cc2ccccc2)CCC/C=C\CC2(CCNC2=O)C[C@@H](C=O)NC1=O. The topological polar surface area (TPSA) is 104 Å². The molecule has 0 bridgehead atoms. The molecule has 1 aromatic carbocycles. The Morgan fingerprint density at radius 2 is 1.83 bits per heavy atom. The van der Waals surface area contributed by atoms with E-state index in [0.29, 0.717) is 44.9 Å². The molecule has 3 amide bonds. The summed E-state index contributed by atoms with van der Waals surface area (Å²) in [5.74, 6) is -0.661. The van der Waals surface area contributed by atoms with E-state index >= 15 is 0 Å². The number of carbonyl (C=O) groups excluding carboxylic acids is 4. The lowest BCUT2D eigenvalue weighted by Crippen LogP contribution is -2.53. The smallest absolute Gasteiger partial charge is 0.243 e. The largest absolute Gasteiger partial charge is 0.356 e. The fourth-order valence-corrected chi connectivity index (χ4v) is 5.15. The first kappa shape index (κ1) is 26.6. The van der Waals surface area contributed by atoms with E-state index < -0.39 is 17.5 Å². The molecule has 3 N–H and O–H groups in total. The van der Waals surface area contributed by atoms with Gasteiger partial charge in [-0.15, -0.1) is 0 Å². The third-order valence-electron chi connectivity index (χ3n) is 7.11. The van der Waals surface area contributed by atoms with E-state index in [9.17, 15) is 19.2 Å². The highest BCUT2D eigenvalue weighted by Gasteiger charge is 2.43. The highest BCUT2D eigenvalue weighted by Crippen LogP contribution is 2.36. The van der Waals surface area contributed by atoms with Gasteiger partial charge in [-0.25, -0.2) is 0 Å². The van der Waals surface area contributed by atoms with Crippen molar-refractivity contribution in [3.8, 4) is 0 Å². The molecule has 0 aliphatic carbocycles. The Bertz CT molecular complexity index is 914. The lowest BCUT2D eigenvalue weighted by Gasteiger charge is -2.29. The Balaban J connectivity index is 1.86. The van der Waals surface area contributed by atoms with Crippen LogP contribution in [0, 0.1) is 17.3 Å². The van der Waals surface area contributed by atoms with E-state index in [0.717, 1.165) is 18.4 Å². The van der Waals surface area contributed by atoms with Crippen molar-refractivity contribution >= 4 is 24.0 Å². The molecule has 3 rings (SSSR count). The van der Waals surface area contributed by atoms with Gasteiger partial charge in [0.05, 0.1) is 11.5 Å². The van der Waals surface area contributed by atoms with Crippen LogP contribution in [-0.2, 0) is 25.6 Å². The monoisotopic (exact) mass is 481 g/mol. The van der Waals surface area contributed by atoms with Gasteiger partial charge in [-0.05, 0) is 62.8 Å². The highest BCUT2D eigenvalue weighted by atomic mass is 16.2. The number of nitrogens with one attached hydrogen (secondary N) is 3. The summed E-state index contributed by atoms with van der Waals surface area (Å²) in [5.41, 5.74) is 0.378. The molecule has 1 spiro atoms. The van der Waals surface area contributed by atoms with Crippen molar-refractivity contribution in [3.05, 3.63) is 48.0 Å².